The second-order valence-electron chi connectivity index (χ2n) is 5.37. The summed E-state index contributed by atoms with van der Waals surface area (Å²) in [6, 6.07) is 10.5. The van der Waals surface area contributed by atoms with Gasteiger partial charge in [-0.05, 0) is 12.5 Å². The number of benzene rings is 1. The highest BCUT2D eigenvalue weighted by molar-refractivity contribution is 5.52. The first-order valence-electron chi connectivity index (χ1n) is 7.12. The van der Waals surface area contributed by atoms with Crippen molar-refractivity contribution in [3.63, 3.8) is 0 Å². The molecule has 0 aliphatic carbocycles. The van der Waals surface area contributed by atoms with Gasteiger partial charge in [-0.1, -0.05) is 42.0 Å². The van der Waals surface area contributed by atoms with Gasteiger partial charge >= 0.3 is 0 Å². The normalized spacial score (nSPS) is 16.8. The van der Waals surface area contributed by atoms with Crippen molar-refractivity contribution in [1.29, 1.82) is 0 Å². The summed E-state index contributed by atoms with van der Waals surface area (Å²) in [5.41, 5.74) is 2.67. The SMILES string of the molecule is C/C(=C\c1ccccc1)CN1CCc2nncn2CC1. The molecule has 0 saturated heterocycles. The molecule has 0 unspecified atom stereocenters. The summed E-state index contributed by atoms with van der Waals surface area (Å²) >= 11 is 0. The van der Waals surface area contributed by atoms with Crippen LogP contribution in [0.1, 0.15) is 18.3 Å². The average Bonchev–Trinajstić information content (AvgIpc) is 2.82. The maximum atomic E-state index is 4.17. The lowest BCUT2D eigenvalue weighted by Crippen LogP contribution is -2.28. The molecule has 4 heteroatoms. The second kappa shape index (κ2) is 6.01. The highest BCUT2D eigenvalue weighted by Gasteiger charge is 2.14. The Bertz CT molecular complexity index is 563. The number of nitrogens with zero attached hydrogens (tertiary/aromatic N) is 4. The third-order valence-electron chi connectivity index (χ3n) is 3.69. The van der Waals surface area contributed by atoms with Gasteiger partial charge in [0.2, 0.25) is 0 Å². The van der Waals surface area contributed by atoms with Crippen molar-refractivity contribution in [2.24, 2.45) is 0 Å². The topological polar surface area (TPSA) is 34.0 Å². The van der Waals surface area contributed by atoms with Gasteiger partial charge in [-0.3, -0.25) is 4.90 Å². The Hall–Kier alpha value is -1.94. The smallest absolute Gasteiger partial charge is 0.134 e. The molecule has 0 N–H and O–H groups in total. The van der Waals surface area contributed by atoms with Crippen LogP contribution in [-0.2, 0) is 13.0 Å². The monoisotopic (exact) mass is 268 g/mol. The first-order chi connectivity index (χ1) is 9.81. The predicted octanol–water partition coefficient (Wildman–Crippen LogP) is 2.24. The van der Waals surface area contributed by atoms with E-state index in [1.54, 1.807) is 0 Å². The van der Waals surface area contributed by atoms with Gasteiger partial charge in [0.15, 0.2) is 0 Å². The fourth-order valence-corrected chi connectivity index (χ4v) is 2.67. The molecule has 20 heavy (non-hydrogen) atoms. The van der Waals surface area contributed by atoms with E-state index in [0.717, 1.165) is 38.4 Å². The van der Waals surface area contributed by atoms with E-state index in [4.69, 9.17) is 0 Å². The van der Waals surface area contributed by atoms with Gasteiger partial charge in [0.25, 0.3) is 0 Å². The van der Waals surface area contributed by atoms with Crippen LogP contribution in [0.25, 0.3) is 6.08 Å². The summed E-state index contributed by atoms with van der Waals surface area (Å²) in [5.74, 6) is 1.11. The van der Waals surface area contributed by atoms with E-state index in [9.17, 15) is 0 Å². The predicted molar refractivity (Wildman–Crippen MR) is 80.3 cm³/mol. The molecule has 2 heterocycles. The molecule has 3 rings (SSSR count). The quantitative estimate of drug-likeness (QED) is 0.856. The fourth-order valence-electron chi connectivity index (χ4n) is 2.67. The van der Waals surface area contributed by atoms with Crippen molar-refractivity contribution in [2.75, 3.05) is 19.6 Å². The highest BCUT2D eigenvalue weighted by Crippen LogP contribution is 2.10. The van der Waals surface area contributed by atoms with E-state index in [1.165, 1.54) is 11.1 Å². The Morgan fingerprint density at radius 3 is 2.90 bits per heavy atom. The average molecular weight is 268 g/mol. The van der Waals surface area contributed by atoms with E-state index in [2.05, 4.69) is 63.0 Å². The molecule has 0 amide bonds. The Balaban J connectivity index is 1.61. The van der Waals surface area contributed by atoms with Gasteiger partial charge in [0, 0.05) is 32.6 Å². The summed E-state index contributed by atoms with van der Waals surface area (Å²) in [7, 11) is 0. The lowest BCUT2D eigenvalue weighted by Gasteiger charge is -2.19. The Kier molecular flexibility index (Phi) is 3.92. The molecular weight excluding hydrogens is 248 g/mol. The largest absolute Gasteiger partial charge is 0.316 e. The Morgan fingerprint density at radius 2 is 2.05 bits per heavy atom. The second-order valence-corrected chi connectivity index (χ2v) is 5.37. The summed E-state index contributed by atoms with van der Waals surface area (Å²) < 4.78 is 2.16. The van der Waals surface area contributed by atoms with Gasteiger partial charge in [0.05, 0.1) is 0 Å². The zero-order chi connectivity index (χ0) is 13.8. The van der Waals surface area contributed by atoms with Crippen LogP contribution in [0.2, 0.25) is 0 Å². The molecular formula is C16H20N4. The van der Waals surface area contributed by atoms with Crippen LogP contribution >= 0.6 is 0 Å². The van der Waals surface area contributed by atoms with Crippen LogP contribution in [0.15, 0.2) is 42.2 Å². The van der Waals surface area contributed by atoms with Crippen molar-refractivity contribution in [3.8, 4) is 0 Å². The fraction of sp³-hybridized carbons (Fsp3) is 0.375. The molecule has 1 aliphatic rings. The molecule has 1 aromatic heterocycles. The number of hydrogen-bond donors (Lipinski definition) is 0. The third-order valence-corrected chi connectivity index (χ3v) is 3.69. The summed E-state index contributed by atoms with van der Waals surface area (Å²) in [6.07, 6.45) is 5.09. The summed E-state index contributed by atoms with van der Waals surface area (Å²) in [6.45, 7) is 6.33. The molecule has 4 nitrogen and oxygen atoms in total. The minimum absolute atomic E-state index is 0.985. The maximum absolute atomic E-state index is 4.17. The van der Waals surface area contributed by atoms with Crippen LogP contribution in [-0.4, -0.2) is 39.3 Å². The standard InChI is InChI=1S/C16H20N4/c1-14(11-15-5-3-2-4-6-15)12-19-8-7-16-18-17-13-20(16)10-9-19/h2-6,11,13H,7-10,12H2,1H3/b14-11+. The van der Waals surface area contributed by atoms with Crippen LogP contribution in [0.3, 0.4) is 0 Å². The molecule has 0 saturated carbocycles. The lowest BCUT2D eigenvalue weighted by atomic mass is 10.1. The van der Waals surface area contributed by atoms with E-state index < -0.39 is 0 Å². The molecule has 0 bridgehead atoms. The van der Waals surface area contributed by atoms with Crippen molar-refractivity contribution < 1.29 is 0 Å². The molecule has 2 aromatic rings. The first-order valence-corrected chi connectivity index (χ1v) is 7.12. The molecule has 0 atom stereocenters. The van der Waals surface area contributed by atoms with Gasteiger partial charge in [-0.25, -0.2) is 0 Å². The molecule has 0 fully saturated rings. The molecule has 0 radical (unpaired) electrons. The minimum Gasteiger partial charge on any atom is -0.316 e. The van der Waals surface area contributed by atoms with Crippen molar-refractivity contribution in [1.82, 2.24) is 19.7 Å². The van der Waals surface area contributed by atoms with Crippen LogP contribution in [0, 0.1) is 0 Å². The van der Waals surface area contributed by atoms with Gasteiger partial charge in [0.1, 0.15) is 12.2 Å². The number of aromatic nitrogens is 3. The molecule has 1 aromatic carbocycles. The number of fused-ring (bicyclic) bond motifs is 1. The summed E-state index contributed by atoms with van der Waals surface area (Å²) in [4.78, 5) is 2.49. The van der Waals surface area contributed by atoms with Crippen molar-refractivity contribution in [3.05, 3.63) is 53.6 Å². The molecule has 0 spiro atoms. The zero-order valence-corrected chi connectivity index (χ0v) is 11.9. The molecule has 104 valence electrons. The number of rotatable bonds is 3. The van der Waals surface area contributed by atoms with E-state index in [0.29, 0.717) is 0 Å². The van der Waals surface area contributed by atoms with Crippen LogP contribution in [0.4, 0.5) is 0 Å². The third kappa shape index (κ3) is 3.14. The lowest BCUT2D eigenvalue weighted by molar-refractivity contribution is 0.303. The van der Waals surface area contributed by atoms with Crippen molar-refractivity contribution >= 4 is 6.08 Å². The van der Waals surface area contributed by atoms with Gasteiger partial charge < -0.3 is 4.57 Å². The maximum Gasteiger partial charge on any atom is 0.134 e. The highest BCUT2D eigenvalue weighted by atomic mass is 15.3. The Morgan fingerprint density at radius 1 is 1.20 bits per heavy atom. The van der Waals surface area contributed by atoms with Crippen LogP contribution in [0.5, 0.6) is 0 Å². The minimum atomic E-state index is 0.985. The van der Waals surface area contributed by atoms with Gasteiger partial charge in [-0.2, -0.15) is 0 Å². The van der Waals surface area contributed by atoms with E-state index >= 15 is 0 Å². The molecule has 1 aliphatic heterocycles. The van der Waals surface area contributed by atoms with Crippen LogP contribution < -0.4 is 0 Å². The Labute approximate surface area is 119 Å². The first kappa shape index (κ1) is 13.1. The summed E-state index contributed by atoms with van der Waals surface area (Å²) in [5, 5.41) is 8.14. The van der Waals surface area contributed by atoms with Crippen molar-refractivity contribution in [2.45, 2.75) is 19.9 Å². The zero-order valence-electron chi connectivity index (χ0n) is 11.9. The number of hydrogen-bond acceptors (Lipinski definition) is 3. The van der Waals surface area contributed by atoms with E-state index in [-0.39, 0.29) is 0 Å². The van der Waals surface area contributed by atoms with E-state index in [1.807, 2.05) is 6.33 Å². The van der Waals surface area contributed by atoms with Gasteiger partial charge in [-0.15, -0.1) is 10.2 Å².